The number of rotatable bonds is 5. The summed E-state index contributed by atoms with van der Waals surface area (Å²) in [5.41, 5.74) is 1.30. The lowest BCUT2D eigenvalue weighted by Crippen LogP contribution is -2.38. The van der Waals surface area contributed by atoms with Gasteiger partial charge in [-0.25, -0.2) is 4.79 Å². The predicted octanol–water partition coefficient (Wildman–Crippen LogP) is 3.77. The topological polar surface area (TPSA) is 44.4 Å². The number of nitrogens with one attached hydrogen (secondary N) is 2. The van der Waals surface area contributed by atoms with Crippen molar-refractivity contribution in [3.63, 3.8) is 0 Å². The van der Waals surface area contributed by atoms with Gasteiger partial charge >= 0.3 is 6.03 Å². The number of urea groups is 1. The Morgan fingerprint density at radius 2 is 2.14 bits per heavy atom. The van der Waals surface area contributed by atoms with Crippen molar-refractivity contribution in [1.82, 2.24) is 10.2 Å². The van der Waals surface area contributed by atoms with E-state index in [-0.39, 0.29) is 12.1 Å². The highest BCUT2D eigenvalue weighted by atomic mass is 32.1. The molecule has 112 valence electrons. The van der Waals surface area contributed by atoms with E-state index in [1.807, 2.05) is 17.5 Å². The van der Waals surface area contributed by atoms with Crippen LogP contribution in [-0.4, -0.2) is 30.6 Å². The number of carbonyl (C=O) groups excluding carboxylic acids is 1. The van der Waals surface area contributed by atoms with Gasteiger partial charge in [-0.05, 0) is 65.8 Å². The first-order valence-corrected chi connectivity index (χ1v) is 8.99. The first kappa shape index (κ1) is 14.6. The third kappa shape index (κ3) is 3.84. The van der Waals surface area contributed by atoms with E-state index in [0.29, 0.717) is 6.54 Å². The van der Waals surface area contributed by atoms with Crippen molar-refractivity contribution in [2.24, 2.45) is 0 Å². The van der Waals surface area contributed by atoms with Gasteiger partial charge in [0, 0.05) is 6.54 Å². The van der Waals surface area contributed by atoms with Crippen LogP contribution in [0.3, 0.4) is 0 Å². The third-order valence-electron chi connectivity index (χ3n) is 3.72. The van der Waals surface area contributed by atoms with Crippen molar-refractivity contribution >= 4 is 33.7 Å². The predicted molar refractivity (Wildman–Crippen MR) is 89.2 cm³/mol. The van der Waals surface area contributed by atoms with Gasteiger partial charge in [-0.2, -0.15) is 11.3 Å². The monoisotopic (exact) mass is 321 g/mol. The summed E-state index contributed by atoms with van der Waals surface area (Å²) in [6.45, 7) is 2.89. The fraction of sp³-hybridized carbons (Fsp3) is 0.400. The highest BCUT2D eigenvalue weighted by molar-refractivity contribution is 7.14. The molecule has 1 aliphatic heterocycles. The van der Waals surface area contributed by atoms with Gasteiger partial charge in [0.05, 0.1) is 11.0 Å². The number of amides is 2. The second-order valence-electron chi connectivity index (χ2n) is 5.13. The molecule has 3 heterocycles. The molecule has 1 aliphatic rings. The van der Waals surface area contributed by atoms with Crippen molar-refractivity contribution in [2.75, 3.05) is 25.0 Å². The molecular weight excluding hydrogens is 302 g/mol. The van der Waals surface area contributed by atoms with Gasteiger partial charge in [0.2, 0.25) is 0 Å². The first-order chi connectivity index (χ1) is 10.3. The van der Waals surface area contributed by atoms with E-state index in [1.54, 1.807) is 11.3 Å². The number of carbonyl (C=O) groups is 1. The largest absolute Gasteiger partial charge is 0.336 e. The first-order valence-electron chi connectivity index (χ1n) is 7.17. The Kier molecular flexibility index (Phi) is 4.90. The Bertz CT molecular complexity index is 548. The molecule has 2 aromatic rings. The van der Waals surface area contributed by atoms with E-state index in [9.17, 15) is 4.79 Å². The van der Waals surface area contributed by atoms with Crippen LogP contribution in [0.15, 0.2) is 34.3 Å². The Hall–Kier alpha value is -1.37. The van der Waals surface area contributed by atoms with Gasteiger partial charge in [0.15, 0.2) is 0 Å². The smallest absolute Gasteiger partial charge is 0.319 e. The molecule has 1 unspecified atom stereocenters. The van der Waals surface area contributed by atoms with E-state index in [2.05, 4.69) is 32.4 Å². The average molecular weight is 321 g/mol. The minimum Gasteiger partial charge on any atom is -0.336 e. The molecular formula is C15H19N3OS2. The van der Waals surface area contributed by atoms with Gasteiger partial charge in [-0.3, -0.25) is 10.2 Å². The quantitative estimate of drug-likeness (QED) is 0.880. The van der Waals surface area contributed by atoms with Gasteiger partial charge in [0.25, 0.3) is 0 Å². The van der Waals surface area contributed by atoms with Crippen LogP contribution in [0.4, 0.5) is 9.80 Å². The van der Waals surface area contributed by atoms with Crippen LogP contribution in [0, 0.1) is 0 Å². The molecule has 1 atom stereocenters. The number of hydrogen-bond donors (Lipinski definition) is 2. The fourth-order valence-electron chi connectivity index (χ4n) is 2.67. The van der Waals surface area contributed by atoms with Gasteiger partial charge < -0.3 is 5.32 Å². The van der Waals surface area contributed by atoms with E-state index in [4.69, 9.17) is 0 Å². The summed E-state index contributed by atoms with van der Waals surface area (Å²) in [5, 5.41) is 13.0. The van der Waals surface area contributed by atoms with Crippen LogP contribution in [-0.2, 0) is 0 Å². The summed E-state index contributed by atoms with van der Waals surface area (Å²) in [6, 6.07) is 6.15. The maximum Gasteiger partial charge on any atom is 0.319 e. The highest BCUT2D eigenvalue weighted by Gasteiger charge is 2.24. The molecule has 0 radical (unpaired) electrons. The molecule has 1 fully saturated rings. The van der Waals surface area contributed by atoms with Crippen molar-refractivity contribution in [1.29, 1.82) is 0 Å². The molecule has 0 aliphatic carbocycles. The zero-order valence-electron chi connectivity index (χ0n) is 11.7. The molecule has 2 N–H and O–H groups in total. The lowest BCUT2D eigenvalue weighted by atomic mass is 10.1. The SMILES string of the molecule is O=C(NCC(c1ccsc1)N1CCCC1)Nc1cccs1. The summed E-state index contributed by atoms with van der Waals surface area (Å²) < 4.78 is 0. The Morgan fingerprint density at radius 3 is 2.81 bits per heavy atom. The minimum absolute atomic E-state index is 0.128. The Labute approximate surface area is 132 Å². The molecule has 6 heteroatoms. The van der Waals surface area contributed by atoms with Crippen LogP contribution < -0.4 is 10.6 Å². The van der Waals surface area contributed by atoms with Crippen LogP contribution in [0.1, 0.15) is 24.4 Å². The van der Waals surface area contributed by atoms with Crippen molar-refractivity contribution in [2.45, 2.75) is 18.9 Å². The molecule has 0 saturated carbocycles. The van der Waals surface area contributed by atoms with Crippen LogP contribution >= 0.6 is 22.7 Å². The average Bonchev–Trinajstić information content (AvgIpc) is 3.23. The Morgan fingerprint density at radius 1 is 1.29 bits per heavy atom. The van der Waals surface area contributed by atoms with Crippen molar-refractivity contribution in [3.8, 4) is 0 Å². The lowest BCUT2D eigenvalue weighted by Gasteiger charge is -2.27. The van der Waals surface area contributed by atoms with E-state index < -0.39 is 0 Å². The van der Waals surface area contributed by atoms with Crippen LogP contribution in [0.2, 0.25) is 0 Å². The van der Waals surface area contributed by atoms with Gasteiger partial charge in [-0.1, -0.05) is 0 Å². The summed E-state index contributed by atoms with van der Waals surface area (Å²) in [6.07, 6.45) is 2.50. The second kappa shape index (κ2) is 7.06. The maximum absolute atomic E-state index is 12.0. The molecule has 0 spiro atoms. The molecule has 2 amide bonds. The number of thiophene rings is 2. The zero-order valence-corrected chi connectivity index (χ0v) is 13.4. The maximum atomic E-state index is 12.0. The van der Waals surface area contributed by atoms with Gasteiger partial charge in [0.1, 0.15) is 0 Å². The lowest BCUT2D eigenvalue weighted by molar-refractivity contribution is 0.228. The van der Waals surface area contributed by atoms with E-state index in [1.165, 1.54) is 29.7 Å². The van der Waals surface area contributed by atoms with Crippen molar-refractivity contribution in [3.05, 3.63) is 39.9 Å². The number of anilines is 1. The highest BCUT2D eigenvalue weighted by Crippen LogP contribution is 2.26. The molecule has 0 aromatic carbocycles. The molecule has 0 bridgehead atoms. The summed E-state index contributed by atoms with van der Waals surface area (Å²) in [7, 11) is 0. The molecule has 1 saturated heterocycles. The van der Waals surface area contributed by atoms with Crippen molar-refractivity contribution < 1.29 is 4.79 Å². The minimum atomic E-state index is -0.128. The number of hydrogen-bond acceptors (Lipinski definition) is 4. The zero-order chi connectivity index (χ0) is 14.5. The standard InChI is InChI=1S/C15H19N3OS2/c19-15(17-14-4-3-8-21-14)16-10-13(12-5-9-20-11-12)18-6-1-2-7-18/h3-5,8-9,11,13H,1-2,6-7,10H2,(H2,16,17,19). The Balaban J connectivity index is 1.58. The molecule has 2 aromatic heterocycles. The number of nitrogens with zero attached hydrogens (tertiary/aromatic N) is 1. The molecule has 21 heavy (non-hydrogen) atoms. The molecule has 4 nitrogen and oxygen atoms in total. The van der Waals surface area contributed by atoms with E-state index in [0.717, 1.165) is 18.1 Å². The normalized spacial score (nSPS) is 16.8. The van der Waals surface area contributed by atoms with Crippen LogP contribution in [0.5, 0.6) is 0 Å². The van der Waals surface area contributed by atoms with Crippen LogP contribution in [0.25, 0.3) is 0 Å². The molecule has 3 rings (SSSR count). The number of likely N-dealkylation sites (tertiary alicyclic amines) is 1. The summed E-state index contributed by atoms with van der Waals surface area (Å²) in [5.74, 6) is 0. The summed E-state index contributed by atoms with van der Waals surface area (Å²) in [4.78, 5) is 14.4. The second-order valence-corrected chi connectivity index (χ2v) is 6.86. The van der Waals surface area contributed by atoms with Gasteiger partial charge in [-0.15, -0.1) is 11.3 Å². The third-order valence-corrected chi connectivity index (χ3v) is 5.21. The van der Waals surface area contributed by atoms with E-state index >= 15 is 0 Å². The fourth-order valence-corrected chi connectivity index (χ4v) is 3.99. The summed E-state index contributed by atoms with van der Waals surface area (Å²) >= 11 is 3.24.